The van der Waals surface area contributed by atoms with E-state index in [9.17, 15) is 4.79 Å². The Hall–Kier alpha value is -2.97. The zero-order valence-corrected chi connectivity index (χ0v) is 17.6. The predicted octanol–water partition coefficient (Wildman–Crippen LogP) is 4.47. The molecule has 0 amide bonds. The number of fused-ring (bicyclic) bond motifs is 1. The van der Waals surface area contributed by atoms with E-state index in [0.29, 0.717) is 21.9 Å². The zero-order valence-electron chi connectivity index (χ0n) is 16.1. The standard InChI is InChI=1S/C20H19ClN6OS/c1-9-11(3)29-19(25-9)13-8-23-20(22)27-17(13)24-10(2)15-7-12-5-4-6-14(21)16(12)18(28)26-15/h4-8,10H,1-3H3,(H,26,28)(H3,22,23,24,27). The minimum absolute atomic E-state index is 0.159. The summed E-state index contributed by atoms with van der Waals surface area (Å²) in [7, 11) is 0. The summed E-state index contributed by atoms with van der Waals surface area (Å²) in [4.78, 5) is 29.7. The molecule has 0 spiro atoms. The molecule has 0 radical (unpaired) electrons. The van der Waals surface area contributed by atoms with Crippen LogP contribution in [0, 0.1) is 13.8 Å². The molecule has 0 saturated heterocycles. The zero-order chi connectivity index (χ0) is 20.7. The van der Waals surface area contributed by atoms with Crippen molar-refractivity contribution in [1.82, 2.24) is 19.9 Å². The largest absolute Gasteiger partial charge is 0.368 e. The average molecular weight is 427 g/mol. The number of nitrogen functional groups attached to an aromatic ring is 1. The van der Waals surface area contributed by atoms with E-state index in [-0.39, 0.29) is 17.5 Å². The molecule has 0 aliphatic heterocycles. The molecule has 0 aliphatic carbocycles. The highest BCUT2D eigenvalue weighted by molar-refractivity contribution is 7.15. The fourth-order valence-corrected chi connectivity index (χ4v) is 4.26. The number of rotatable bonds is 4. The van der Waals surface area contributed by atoms with E-state index < -0.39 is 0 Å². The lowest BCUT2D eigenvalue weighted by atomic mass is 10.1. The number of nitrogens with zero attached hydrogens (tertiary/aromatic N) is 3. The maximum atomic E-state index is 12.5. The van der Waals surface area contributed by atoms with Gasteiger partial charge in [0, 0.05) is 16.8 Å². The number of halogens is 1. The van der Waals surface area contributed by atoms with Gasteiger partial charge in [-0.05, 0) is 38.3 Å². The first-order valence-corrected chi connectivity index (χ1v) is 10.2. The van der Waals surface area contributed by atoms with Crippen LogP contribution in [0.15, 0.2) is 35.3 Å². The van der Waals surface area contributed by atoms with Crippen molar-refractivity contribution in [3.8, 4) is 10.6 Å². The summed E-state index contributed by atoms with van der Waals surface area (Å²) < 4.78 is 0. The van der Waals surface area contributed by atoms with E-state index in [1.54, 1.807) is 23.6 Å². The Morgan fingerprint density at radius 3 is 2.79 bits per heavy atom. The van der Waals surface area contributed by atoms with Gasteiger partial charge >= 0.3 is 0 Å². The van der Waals surface area contributed by atoms with Crippen molar-refractivity contribution >= 4 is 45.5 Å². The Morgan fingerprint density at radius 2 is 2.07 bits per heavy atom. The van der Waals surface area contributed by atoms with E-state index in [0.717, 1.165) is 26.5 Å². The summed E-state index contributed by atoms with van der Waals surface area (Å²) >= 11 is 7.74. The van der Waals surface area contributed by atoms with Crippen molar-refractivity contribution in [2.75, 3.05) is 11.1 Å². The molecule has 9 heteroatoms. The van der Waals surface area contributed by atoms with Gasteiger partial charge in [0.05, 0.1) is 27.7 Å². The summed E-state index contributed by atoms with van der Waals surface area (Å²) in [5.74, 6) is 0.720. The highest BCUT2D eigenvalue weighted by atomic mass is 35.5. The molecule has 3 heterocycles. The van der Waals surface area contributed by atoms with Gasteiger partial charge < -0.3 is 16.0 Å². The van der Waals surface area contributed by atoms with Gasteiger partial charge in [0.15, 0.2) is 0 Å². The van der Waals surface area contributed by atoms with Crippen molar-refractivity contribution in [3.63, 3.8) is 0 Å². The van der Waals surface area contributed by atoms with Crippen LogP contribution in [0.25, 0.3) is 21.3 Å². The first-order chi connectivity index (χ1) is 13.8. The van der Waals surface area contributed by atoms with Crippen LogP contribution in [0.5, 0.6) is 0 Å². The van der Waals surface area contributed by atoms with E-state index in [4.69, 9.17) is 17.3 Å². The maximum absolute atomic E-state index is 12.5. The first-order valence-electron chi connectivity index (χ1n) is 8.98. The molecule has 3 aromatic heterocycles. The highest BCUT2D eigenvalue weighted by Gasteiger charge is 2.17. The third-order valence-electron chi connectivity index (χ3n) is 4.73. The van der Waals surface area contributed by atoms with E-state index >= 15 is 0 Å². The molecule has 29 heavy (non-hydrogen) atoms. The number of nitrogens with two attached hydrogens (primary N) is 1. The molecule has 0 fully saturated rings. The lowest BCUT2D eigenvalue weighted by Crippen LogP contribution is -2.17. The number of H-pyrrole nitrogens is 1. The molecule has 0 bridgehead atoms. The van der Waals surface area contributed by atoms with Crippen molar-refractivity contribution < 1.29 is 0 Å². The molecular weight excluding hydrogens is 408 g/mol. The van der Waals surface area contributed by atoms with E-state index in [2.05, 4.69) is 25.3 Å². The third kappa shape index (κ3) is 3.68. The SMILES string of the molecule is Cc1nc(-c2cnc(N)nc2NC(C)c2cc3cccc(Cl)c3c(=O)[nH]2)sc1C. The molecule has 148 valence electrons. The number of pyridine rings is 1. The van der Waals surface area contributed by atoms with Gasteiger partial charge in [0.1, 0.15) is 10.8 Å². The van der Waals surface area contributed by atoms with Crippen LogP contribution >= 0.6 is 22.9 Å². The Kier molecular flexibility index (Phi) is 4.97. The second-order valence-electron chi connectivity index (χ2n) is 6.77. The van der Waals surface area contributed by atoms with Crippen molar-refractivity contribution in [2.24, 2.45) is 0 Å². The van der Waals surface area contributed by atoms with E-state index in [1.807, 2.05) is 39.0 Å². The number of aromatic nitrogens is 4. The minimum Gasteiger partial charge on any atom is -0.368 e. The molecule has 1 aromatic carbocycles. The molecule has 1 atom stereocenters. The summed E-state index contributed by atoms with van der Waals surface area (Å²) in [6.45, 7) is 5.92. The van der Waals surface area contributed by atoms with Gasteiger partial charge in [-0.25, -0.2) is 9.97 Å². The third-order valence-corrected chi connectivity index (χ3v) is 6.15. The lowest BCUT2D eigenvalue weighted by Gasteiger charge is -2.17. The van der Waals surface area contributed by atoms with Crippen LogP contribution in [-0.4, -0.2) is 19.9 Å². The van der Waals surface area contributed by atoms with Gasteiger partial charge in [0.2, 0.25) is 5.95 Å². The normalized spacial score (nSPS) is 12.3. The summed E-state index contributed by atoms with van der Waals surface area (Å²) in [5, 5.41) is 5.83. The minimum atomic E-state index is -0.249. The smallest absolute Gasteiger partial charge is 0.257 e. The van der Waals surface area contributed by atoms with Crippen LogP contribution in [0.2, 0.25) is 5.02 Å². The van der Waals surface area contributed by atoms with Gasteiger partial charge in [-0.15, -0.1) is 11.3 Å². The number of thiazole rings is 1. The van der Waals surface area contributed by atoms with Gasteiger partial charge in [-0.2, -0.15) is 4.98 Å². The number of hydrogen-bond acceptors (Lipinski definition) is 7. The van der Waals surface area contributed by atoms with Crippen LogP contribution in [0.1, 0.15) is 29.2 Å². The van der Waals surface area contributed by atoms with Gasteiger partial charge in [-0.3, -0.25) is 4.79 Å². The number of aryl methyl sites for hydroxylation is 2. The topological polar surface area (TPSA) is 110 Å². The summed E-state index contributed by atoms with van der Waals surface area (Å²) in [5.41, 5.74) is 8.03. The summed E-state index contributed by atoms with van der Waals surface area (Å²) in [6.07, 6.45) is 1.66. The second-order valence-corrected chi connectivity index (χ2v) is 8.39. The molecule has 4 aromatic rings. The number of aromatic amines is 1. The Labute approximate surface area is 176 Å². The van der Waals surface area contributed by atoms with Crippen LogP contribution < -0.4 is 16.6 Å². The van der Waals surface area contributed by atoms with E-state index in [1.165, 1.54) is 0 Å². The van der Waals surface area contributed by atoms with Gasteiger partial charge in [-0.1, -0.05) is 23.7 Å². The number of nitrogens with one attached hydrogen (secondary N) is 2. The molecule has 7 nitrogen and oxygen atoms in total. The number of anilines is 2. The van der Waals surface area contributed by atoms with Crippen molar-refractivity contribution in [1.29, 1.82) is 0 Å². The fraction of sp³-hybridized carbons (Fsp3) is 0.200. The summed E-state index contributed by atoms with van der Waals surface area (Å²) in [6, 6.07) is 7.04. The first kappa shape index (κ1) is 19.4. The Balaban J connectivity index is 1.74. The Morgan fingerprint density at radius 1 is 1.28 bits per heavy atom. The maximum Gasteiger partial charge on any atom is 0.257 e. The monoisotopic (exact) mass is 426 g/mol. The highest BCUT2D eigenvalue weighted by Crippen LogP contribution is 2.33. The molecule has 4 N–H and O–H groups in total. The Bertz CT molecular complexity index is 1260. The average Bonchev–Trinajstić information content (AvgIpc) is 3.00. The second kappa shape index (κ2) is 7.46. The fourth-order valence-electron chi connectivity index (χ4n) is 3.06. The molecule has 0 saturated carbocycles. The van der Waals surface area contributed by atoms with Gasteiger partial charge in [0.25, 0.3) is 5.56 Å². The quantitative estimate of drug-likeness (QED) is 0.444. The van der Waals surface area contributed by atoms with Crippen molar-refractivity contribution in [3.05, 3.63) is 62.1 Å². The van der Waals surface area contributed by atoms with Crippen LogP contribution in [-0.2, 0) is 0 Å². The predicted molar refractivity (Wildman–Crippen MR) is 119 cm³/mol. The molecular formula is C20H19ClN6OS. The van der Waals surface area contributed by atoms with Crippen molar-refractivity contribution in [2.45, 2.75) is 26.8 Å². The molecule has 4 rings (SSSR count). The molecule has 1 unspecified atom stereocenters. The van der Waals surface area contributed by atoms with Crippen LogP contribution in [0.3, 0.4) is 0 Å². The lowest BCUT2D eigenvalue weighted by molar-refractivity contribution is 0.829. The number of benzene rings is 1. The van der Waals surface area contributed by atoms with Crippen LogP contribution in [0.4, 0.5) is 11.8 Å². The molecule has 0 aliphatic rings. The number of hydrogen-bond donors (Lipinski definition) is 3.